The van der Waals surface area contributed by atoms with Crippen molar-refractivity contribution in [3.63, 3.8) is 0 Å². The van der Waals surface area contributed by atoms with Gasteiger partial charge in [-0.05, 0) is 31.4 Å². The molecule has 1 aromatic rings. The fourth-order valence-corrected chi connectivity index (χ4v) is 2.78. The summed E-state index contributed by atoms with van der Waals surface area (Å²) >= 11 is 0. The number of rotatable bonds is 6. The van der Waals surface area contributed by atoms with E-state index in [0.717, 1.165) is 24.1 Å². The first-order valence-corrected chi connectivity index (χ1v) is 7.68. The van der Waals surface area contributed by atoms with Crippen molar-refractivity contribution in [3.05, 3.63) is 23.5 Å². The molecule has 0 amide bonds. The summed E-state index contributed by atoms with van der Waals surface area (Å²) in [5.74, 6) is 0. The predicted octanol–water partition coefficient (Wildman–Crippen LogP) is 2.73. The highest BCUT2D eigenvalue weighted by atomic mass is 32.2. The maximum absolute atomic E-state index is 11.5. The molecular formula is C12H21NO2S. The van der Waals surface area contributed by atoms with E-state index in [2.05, 4.69) is 6.92 Å². The molecule has 0 N–H and O–H groups in total. The highest BCUT2D eigenvalue weighted by Crippen LogP contribution is 2.14. The van der Waals surface area contributed by atoms with Crippen molar-refractivity contribution in [3.8, 4) is 0 Å². The zero-order valence-electron chi connectivity index (χ0n) is 10.4. The molecule has 0 aromatic carbocycles. The normalized spacial score (nSPS) is 11.9. The van der Waals surface area contributed by atoms with Gasteiger partial charge in [0.2, 0.25) is 10.0 Å². The molecule has 3 nitrogen and oxygen atoms in total. The Labute approximate surface area is 98.5 Å². The number of aromatic nitrogens is 1. The van der Waals surface area contributed by atoms with Crippen LogP contribution in [0.3, 0.4) is 0 Å². The number of hydrogen-bond donors (Lipinski definition) is 0. The van der Waals surface area contributed by atoms with Gasteiger partial charge < -0.3 is 0 Å². The minimum Gasteiger partial charge on any atom is -0.250 e. The van der Waals surface area contributed by atoms with E-state index >= 15 is 0 Å². The summed E-state index contributed by atoms with van der Waals surface area (Å²) in [7, 11) is -3.14. The van der Waals surface area contributed by atoms with Gasteiger partial charge in [-0.1, -0.05) is 26.2 Å². The van der Waals surface area contributed by atoms with Crippen LogP contribution in [0.4, 0.5) is 0 Å². The molecule has 0 aliphatic carbocycles. The lowest BCUT2D eigenvalue weighted by molar-refractivity contribution is 0.588. The van der Waals surface area contributed by atoms with Crippen LogP contribution in [0.2, 0.25) is 0 Å². The minimum absolute atomic E-state index is 0.848. The highest BCUT2D eigenvalue weighted by Gasteiger charge is 2.11. The van der Waals surface area contributed by atoms with Crippen molar-refractivity contribution in [2.45, 2.75) is 46.0 Å². The molecule has 1 aromatic heterocycles. The summed E-state index contributed by atoms with van der Waals surface area (Å²) in [4.78, 5) is 0. The molecule has 0 radical (unpaired) electrons. The van der Waals surface area contributed by atoms with Crippen LogP contribution in [0.1, 0.15) is 43.9 Å². The van der Waals surface area contributed by atoms with Crippen molar-refractivity contribution < 1.29 is 8.42 Å². The van der Waals surface area contributed by atoms with Crippen LogP contribution in [0, 0.1) is 6.92 Å². The Morgan fingerprint density at radius 2 is 1.94 bits per heavy atom. The summed E-state index contributed by atoms with van der Waals surface area (Å²) in [5, 5.41) is 0. The average Bonchev–Trinajstić information content (AvgIpc) is 2.54. The third-order valence-corrected chi connectivity index (χ3v) is 3.70. The molecule has 1 heterocycles. The second-order valence-electron chi connectivity index (χ2n) is 4.38. The van der Waals surface area contributed by atoms with Crippen molar-refractivity contribution in [1.82, 2.24) is 3.97 Å². The molecule has 16 heavy (non-hydrogen) atoms. The van der Waals surface area contributed by atoms with Crippen LogP contribution in [0.15, 0.2) is 12.3 Å². The van der Waals surface area contributed by atoms with Gasteiger partial charge in [0.1, 0.15) is 0 Å². The van der Waals surface area contributed by atoms with E-state index in [-0.39, 0.29) is 0 Å². The topological polar surface area (TPSA) is 39.1 Å². The van der Waals surface area contributed by atoms with Crippen LogP contribution in [0.25, 0.3) is 0 Å². The van der Waals surface area contributed by atoms with Gasteiger partial charge in [-0.15, -0.1) is 0 Å². The van der Waals surface area contributed by atoms with Gasteiger partial charge in [0.05, 0.1) is 6.26 Å². The van der Waals surface area contributed by atoms with Crippen molar-refractivity contribution in [1.29, 1.82) is 0 Å². The Bertz CT molecular complexity index is 432. The Morgan fingerprint density at radius 3 is 2.50 bits per heavy atom. The van der Waals surface area contributed by atoms with E-state index < -0.39 is 10.0 Å². The molecule has 0 spiro atoms. The number of nitrogens with zero attached hydrogens (tertiary/aromatic N) is 1. The summed E-state index contributed by atoms with van der Waals surface area (Å²) in [6.07, 6.45) is 8.45. The molecule has 92 valence electrons. The lowest BCUT2D eigenvalue weighted by Gasteiger charge is -2.06. The largest absolute Gasteiger partial charge is 0.250 e. The number of unbranched alkanes of at least 4 members (excludes halogenated alkanes) is 3. The van der Waals surface area contributed by atoms with E-state index in [1.54, 1.807) is 6.20 Å². The van der Waals surface area contributed by atoms with E-state index in [4.69, 9.17) is 0 Å². The molecule has 1 rings (SSSR count). The third kappa shape index (κ3) is 3.67. The molecule has 0 saturated heterocycles. The van der Waals surface area contributed by atoms with Crippen LogP contribution >= 0.6 is 0 Å². The van der Waals surface area contributed by atoms with E-state index in [0.29, 0.717) is 0 Å². The Kier molecular flexibility index (Phi) is 4.59. The van der Waals surface area contributed by atoms with Crippen LogP contribution in [0.5, 0.6) is 0 Å². The zero-order chi connectivity index (χ0) is 12.2. The predicted molar refractivity (Wildman–Crippen MR) is 67.3 cm³/mol. The fourth-order valence-electron chi connectivity index (χ4n) is 1.86. The molecule has 0 atom stereocenters. The Balaban J connectivity index is 2.72. The fraction of sp³-hybridized carbons (Fsp3) is 0.667. The van der Waals surface area contributed by atoms with Gasteiger partial charge in [0, 0.05) is 11.9 Å². The van der Waals surface area contributed by atoms with Crippen molar-refractivity contribution >= 4 is 10.0 Å². The quantitative estimate of drug-likeness (QED) is 0.721. The van der Waals surface area contributed by atoms with Gasteiger partial charge in [-0.3, -0.25) is 0 Å². The van der Waals surface area contributed by atoms with Gasteiger partial charge in [-0.2, -0.15) is 0 Å². The van der Waals surface area contributed by atoms with Gasteiger partial charge in [0.15, 0.2) is 0 Å². The van der Waals surface area contributed by atoms with E-state index in [1.165, 1.54) is 29.5 Å². The van der Waals surface area contributed by atoms with Crippen LogP contribution in [-0.2, 0) is 16.4 Å². The Morgan fingerprint density at radius 1 is 1.25 bits per heavy atom. The SMILES string of the molecule is CCCCCCc1cc(C)cn1S(C)(=O)=O. The second kappa shape index (κ2) is 5.53. The first kappa shape index (κ1) is 13.3. The standard InChI is InChI=1S/C12H21NO2S/c1-4-5-6-7-8-12-9-11(2)10-13(12)16(3,14)15/h9-10H,4-8H2,1-3H3. The minimum atomic E-state index is -3.14. The van der Waals surface area contributed by atoms with Gasteiger partial charge in [-0.25, -0.2) is 12.4 Å². The molecule has 0 bridgehead atoms. The first-order chi connectivity index (χ1) is 7.45. The van der Waals surface area contributed by atoms with Crippen LogP contribution in [-0.4, -0.2) is 18.6 Å². The molecule has 0 saturated carbocycles. The van der Waals surface area contributed by atoms with Crippen LogP contribution < -0.4 is 0 Å². The maximum Gasteiger partial charge on any atom is 0.235 e. The summed E-state index contributed by atoms with van der Waals surface area (Å²) in [5.41, 5.74) is 1.92. The highest BCUT2D eigenvalue weighted by molar-refractivity contribution is 7.89. The van der Waals surface area contributed by atoms with Crippen molar-refractivity contribution in [2.75, 3.05) is 6.26 Å². The summed E-state index contributed by atoms with van der Waals surface area (Å²) in [6, 6.07) is 1.97. The maximum atomic E-state index is 11.5. The summed E-state index contributed by atoms with van der Waals surface area (Å²) in [6.45, 7) is 4.10. The number of aryl methyl sites for hydroxylation is 2. The van der Waals surface area contributed by atoms with Gasteiger partial charge >= 0.3 is 0 Å². The molecule has 0 unspecified atom stereocenters. The lowest BCUT2D eigenvalue weighted by atomic mass is 10.1. The molecule has 0 aliphatic heterocycles. The first-order valence-electron chi connectivity index (χ1n) is 5.83. The van der Waals surface area contributed by atoms with Gasteiger partial charge in [0.25, 0.3) is 0 Å². The monoisotopic (exact) mass is 243 g/mol. The molecule has 0 aliphatic rings. The molecule has 4 heteroatoms. The molecule has 0 fully saturated rings. The Hall–Kier alpha value is -0.770. The second-order valence-corrected chi connectivity index (χ2v) is 6.24. The average molecular weight is 243 g/mol. The molecular weight excluding hydrogens is 222 g/mol. The van der Waals surface area contributed by atoms with E-state index in [9.17, 15) is 8.42 Å². The summed E-state index contributed by atoms with van der Waals surface area (Å²) < 4.78 is 24.4. The van der Waals surface area contributed by atoms with Crippen molar-refractivity contribution in [2.24, 2.45) is 0 Å². The third-order valence-electron chi connectivity index (χ3n) is 2.64. The smallest absolute Gasteiger partial charge is 0.235 e. The zero-order valence-corrected chi connectivity index (χ0v) is 11.2. The van der Waals surface area contributed by atoms with E-state index in [1.807, 2.05) is 13.0 Å². The lowest BCUT2D eigenvalue weighted by Crippen LogP contribution is -2.12. The number of hydrogen-bond acceptors (Lipinski definition) is 2.